The Hall–Kier alpha value is -2.94. The lowest BCUT2D eigenvalue weighted by Gasteiger charge is -2.25. The number of aromatic nitrogens is 3. The van der Waals surface area contributed by atoms with Crippen LogP contribution in [0.25, 0.3) is 10.9 Å². The van der Waals surface area contributed by atoms with Gasteiger partial charge in [-0.15, -0.1) is 10.2 Å². The van der Waals surface area contributed by atoms with Crippen LogP contribution in [0.5, 0.6) is 0 Å². The molecule has 1 saturated heterocycles. The molecule has 2 aromatic carbocycles. The van der Waals surface area contributed by atoms with E-state index in [2.05, 4.69) is 31.4 Å². The Kier molecular flexibility index (Phi) is 5.72. The summed E-state index contributed by atoms with van der Waals surface area (Å²) in [4.78, 5) is 0. The van der Waals surface area contributed by atoms with Crippen molar-refractivity contribution in [1.82, 2.24) is 20.7 Å². The van der Waals surface area contributed by atoms with Crippen molar-refractivity contribution < 1.29 is 13.2 Å². The van der Waals surface area contributed by atoms with Crippen LogP contribution in [0.1, 0.15) is 36.9 Å². The van der Waals surface area contributed by atoms with Crippen molar-refractivity contribution in [1.29, 1.82) is 0 Å². The minimum absolute atomic E-state index is 0.395. The summed E-state index contributed by atoms with van der Waals surface area (Å²) in [6.45, 7) is 3.76. The first-order valence-electron chi connectivity index (χ1n) is 9.94. The summed E-state index contributed by atoms with van der Waals surface area (Å²) >= 11 is 0. The van der Waals surface area contributed by atoms with Crippen LogP contribution in [-0.2, 0) is 6.18 Å². The fraction of sp³-hybridized carbons (Fsp3) is 0.381. The molecule has 9 heteroatoms. The van der Waals surface area contributed by atoms with Crippen LogP contribution >= 0.6 is 0 Å². The highest BCUT2D eigenvalue weighted by atomic mass is 19.4. The molecule has 30 heavy (non-hydrogen) atoms. The van der Waals surface area contributed by atoms with E-state index in [1.165, 1.54) is 6.07 Å². The first kappa shape index (κ1) is 20.3. The smallest absolute Gasteiger partial charge is 0.382 e. The number of nitrogens with zero attached hydrogens (tertiary/aromatic N) is 3. The molecule has 0 unspecified atom stereocenters. The van der Waals surface area contributed by atoms with Crippen LogP contribution < -0.4 is 16.0 Å². The summed E-state index contributed by atoms with van der Waals surface area (Å²) in [6, 6.07) is 11.1. The van der Waals surface area contributed by atoms with Crippen molar-refractivity contribution in [3.05, 3.63) is 53.6 Å². The lowest BCUT2D eigenvalue weighted by atomic mass is 10.0. The molecule has 0 aliphatic carbocycles. The van der Waals surface area contributed by atoms with Gasteiger partial charge in [0.05, 0.1) is 17.1 Å². The fourth-order valence-corrected chi connectivity index (χ4v) is 3.65. The SMILES string of the molecule is C[C@@H](Nc1nnnc2ccc(NC3CCNCC3)cc12)c1cccc(C(F)(F)F)c1. The number of halogens is 3. The van der Waals surface area contributed by atoms with E-state index in [-0.39, 0.29) is 0 Å². The molecule has 1 atom stereocenters. The number of alkyl halides is 3. The first-order chi connectivity index (χ1) is 14.4. The molecule has 1 aliphatic heterocycles. The molecule has 1 fully saturated rings. The Balaban J connectivity index is 1.58. The minimum atomic E-state index is -4.38. The number of rotatable bonds is 5. The van der Waals surface area contributed by atoms with Crippen LogP contribution in [-0.4, -0.2) is 34.5 Å². The van der Waals surface area contributed by atoms with E-state index >= 15 is 0 Å². The fourth-order valence-electron chi connectivity index (χ4n) is 3.65. The van der Waals surface area contributed by atoms with E-state index in [0.29, 0.717) is 22.9 Å². The quantitative estimate of drug-likeness (QED) is 0.573. The monoisotopic (exact) mass is 416 g/mol. The molecule has 0 saturated carbocycles. The number of fused-ring (bicyclic) bond motifs is 1. The number of benzene rings is 2. The highest BCUT2D eigenvalue weighted by Gasteiger charge is 2.30. The minimum Gasteiger partial charge on any atom is -0.382 e. The zero-order valence-corrected chi connectivity index (χ0v) is 16.5. The molecule has 2 heterocycles. The molecule has 6 nitrogen and oxygen atoms in total. The van der Waals surface area contributed by atoms with Crippen LogP contribution in [0.15, 0.2) is 42.5 Å². The van der Waals surface area contributed by atoms with Gasteiger partial charge >= 0.3 is 6.18 Å². The molecule has 0 amide bonds. The second-order valence-corrected chi connectivity index (χ2v) is 7.53. The van der Waals surface area contributed by atoms with E-state index in [0.717, 1.165) is 49.1 Å². The Morgan fingerprint density at radius 2 is 1.87 bits per heavy atom. The van der Waals surface area contributed by atoms with Gasteiger partial charge in [0.2, 0.25) is 0 Å². The molecule has 1 aliphatic rings. The first-order valence-corrected chi connectivity index (χ1v) is 9.94. The molecule has 0 spiro atoms. The lowest BCUT2D eigenvalue weighted by Crippen LogP contribution is -2.35. The molecule has 0 bridgehead atoms. The van der Waals surface area contributed by atoms with Gasteiger partial charge in [-0.3, -0.25) is 0 Å². The van der Waals surface area contributed by atoms with Gasteiger partial charge in [-0.2, -0.15) is 13.2 Å². The van der Waals surface area contributed by atoms with E-state index in [4.69, 9.17) is 0 Å². The molecule has 0 radical (unpaired) electrons. The van der Waals surface area contributed by atoms with Crippen LogP contribution in [0, 0.1) is 0 Å². The van der Waals surface area contributed by atoms with Crippen LogP contribution in [0.4, 0.5) is 24.7 Å². The summed E-state index contributed by atoms with van der Waals surface area (Å²) in [5, 5.41) is 22.8. The van der Waals surface area contributed by atoms with Gasteiger partial charge in [-0.05, 0) is 74.0 Å². The second kappa shape index (κ2) is 8.43. The number of piperidine rings is 1. The molecule has 1 aromatic heterocycles. The van der Waals surface area contributed by atoms with Crippen molar-refractivity contribution in [3.63, 3.8) is 0 Å². The average molecular weight is 416 g/mol. The average Bonchev–Trinajstić information content (AvgIpc) is 2.74. The highest BCUT2D eigenvalue weighted by Crippen LogP contribution is 2.32. The third kappa shape index (κ3) is 4.62. The zero-order valence-electron chi connectivity index (χ0n) is 16.5. The number of nitrogens with one attached hydrogen (secondary N) is 3. The molecule has 3 N–H and O–H groups in total. The predicted molar refractivity (Wildman–Crippen MR) is 110 cm³/mol. The van der Waals surface area contributed by atoms with E-state index in [9.17, 15) is 13.2 Å². The molecule has 4 rings (SSSR count). The van der Waals surface area contributed by atoms with Crippen molar-refractivity contribution in [2.75, 3.05) is 23.7 Å². The molecule has 158 valence electrons. The van der Waals surface area contributed by atoms with Gasteiger partial charge in [-0.1, -0.05) is 12.1 Å². The predicted octanol–water partition coefficient (Wildman–Crippen LogP) is 4.38. The van der Waals surface area contributed by atoms with E-state index in [1.54, 1.807) is 13.0 Å². The maximum absolute atomic E-state index is 13.0. The molecule has 3 aromatic rings. The van der Waals surface area contributed by atoms with Gasteiger partial charge in [-0.25, -0.2) is 0 Å². The normalized spacial score (nSPS) is 16.4. The Labute approximate surface area is 172 Å². The van der Waals surface area contributed by atoms with Crippen molar-refractivity contribution in [2.45, 2.75) is 38.0 Å². The van der Waals surface area contributed by atoms with E-state index < -0.39 is 17.8 Å². The largest absolute Gasteiger partial charge is 0.416 e. The van der Waals surface area contributed by atoms with Gasteiger partial charge < -0.3 is 16.0 Å². The summed E-state index contributed by atoms with van der Waals surface area (Å²) in [5.74, 6) is 0.485. The summed E-state index contributed by atoms with van der Waals surface area (Å²) in [7, 11) is 0. The third-order valence-electron chi connectivity index (χ3n) is 5.33. The van der Waals surface area contributed by atoms with E-state index in [1.807, 2.05) is 18.2 Å². The standard InChI is InChI=1S/C21H23F3N6/c1-13(14-3-2-4-15(11-14)21(22,23)24)26-20-18-12-17(5-6-19(18)28-30-29-20)27-16-7-9-25-10-8-16/h2-6,11-13,16,25,27H,7-10H2,1H3,(H,26,28,29)/t13-/m1/s1. The van der Waals surface area contributed by atoms with Gasteiger partial charge in [0.15, 0.2) is 5.82 Å². The molecular formula is C21H23F3N6. The summed E-state index contributed by atoms with van der Waals surface area (Å²) < 4.78 is 39.1. The lowest BCUT2D eigenvalue weighted by molar-refractivity contribution is -0.137. The zero-order chi connectivity index (χ0) is 21.1. The maximum atomic E-state index is 13.0. The number of hydrogen-bond donors (Lipinski definition) is 3. The Bertz CT molecular complexity index is 1020. The third-order valence-corrected chi connectivity index (χ3v) is 5.33. The Morgan fingerprint density at radius 3 is 2.63 bits per heavy atom. The number of hydrogen-bond acceptors (Lipinski definition) is 6. The highest BCUT2D eigenvalue weighted by molar-refractivity contribution is 5.91. The molecular weight excluding hydrogens is 393 g/mol. The van der Waals surface area contributed by atoms with Crippen molar-refractivity contribution in [2.24, 2.45) is 0 Å². The van der Waals surface area contributed by atoms with Crippen molar-refractivity contribution >= 4 is 22.4 Å². The summed E-state index contributed by atoms with van der Waals surface area (Å²) in [6.07, 6.45) is -2.29. The number of anilines is 2. The topological polar surface area (TPSA) is 74.8 Å². The van der Waals surface area contributed by atoms with Gasteiger partial charge in [0, 0.05) is 17.1 Å². The van der Waals surface area contributed by atoms with Crippen LogP contribution in [0.3, 0.4) is 0 Å². The maximum Gasteiger partial charge on any atom is 0.416 e. The Morgan fingerprint density at radius 1 is 1.07 bits per heavy atom. The second-order valence-electron chi connectivity index (χ2n) is 7.53. The van der Waals surface area contributed by atoms with Crippen molar-refractivity contribution in [3.8, 4) is 0 Å². The van der Waals surface area contributed by atoms with Crippen LogP contribution in [0.2, 0.25) is 0 Å². The van der Waals surface area contributed by atoms with Gasteiger partial charge in [0.25, 0.3) is 0 Å². The van der Waals surface area contributed by atoms with Gasteiger partial charge in [0.1, 0.15) is 0 Å². The summed E-state index contributed by atoms with van der Waals surface area (Å²) in [5.41, 5.74) is 1.46.